The zero-order valence-electron chi connectivity index (χ0n) is 15.7. The third-order valence-electron chi connectivity index (χ3n) is 4.20. The van der Waals surface area contributed by atoms with Gasteiger partial charge in [0.2, 0.25) is 5.91 Å². The Labute approximate surface area is 156 Å². The lowest BCUT2D eigenvalue weighted by Gasteiger charge is -2.05. The van der Waals surface area contributed by atoms with Crippen molar-refractivity contribution in [2.24, 2.45) is 10.2 Å². The molecule has 26 heavy (non-hydrogen) atoms. The minimum Gasteiger partial charge on any atom is -0.326 e. The molecule has 4 heteroatoms. The molecule has 2 aromatic carbocycles. The van der Waals surface area contributed by atoms with Crippen LogP contribution in [0, 0.1) is 0 Å². The van der Waals surface area contributed by atoms with E-state index in [0.29, 0.717) is 6.42 Å². The van der Waals surface area contributed by atoms with Gasteiger partial charge in [-0.2, -0.15) is 10.2 Å². The van der Waals surface area contributed by atoms with E-state index in [1.165, 1.54) is 32.1 Å². The van der Waals surface area contributed by atoms with Gasteiger partial charge >= 0.3 is 0 Å². The standard InChI is InChI=1S/C22H29N3O/c1-2-3-4-5-6-7-11-14-22(26)23-19-15-17-21(18-16-19)25-24-20-12-9-8-10-13-20/h8-10,12-13,15-18H,2-7,11,14H2,1H3,(H,23,26). The molecule has 2 rings (SSSR count). The van der Waals surface area contributed by atoms with Gasteiger partial charge in [0.1, 0.15) is 0 Å². The number of nitrogens with zero attached hydrogens (tertiary/aromatic N) is 2. The van der Waals surface area contributed by atoms with E-state index in [0.717, 1.165) is 29.9 Å². The lowest BCUT2D eigenvalue weighted by molar-refractivity contribution is -0.116. The summed E-state index contributed by atoms with van der Waals surface area (Å²) in [5.74, 6) is 0.0808. The van der Waals surface area contributed by atoms with Crippen molar-refractivity contribution in [1.29, 1.82) is 0 Å². The van der Waals surface area contributed by atoms with E-state index in [2.05, 4.69) is 22.5 Å². The molecular weight excluding hydrogens is 322 g/mol. The van der Waals surface area contributed by atoms with Gasteiger partial charge in [-0.25, -0.2) is 0 Å². The molecule has 0 aliphatic rings. The first kappa shape index (κ1) is 19.8. The van der Waals surface area contributed by atoms with E-state index in [4.69, 9.17) is 0 Å². The molecule has 1 amide bonds. The van der Waals surface area contributed by atoms with E-state index < -0.39 is 0 Å². The summed E-state index contributed by atoms with van der Waals surface area (Å²) in [7, 11) is 0. The van der Waals surface area contributed by atoms with Gasteiger partial charge in [-0.05, 0) is 42.8 Å². The molecule has 0 radical (unpaired) electrons. The molecule has 0 heterocycles. The zero-order chi connectivity index (χ0) is 18.5. The molecule has 1 N–H and O–H groups in total. The summed E-state index contributed by atoms with van der Waals surface area (Å²) < 4.78 is 0. The first-order valence-corrected chi connectivity index (χ1v) is 9.64. The van der Waals surface area contributed by atoms with Crippen LogP contribution < -0.4 is 5.32 Å². The summed E-state index contributed by atoms with van der Waals surface area (Å²) in [6.07, 6.45) is 9.11. The van der Waals surface area contributed by atoms with Crippen LogP contribution in [-0.2, 0) is 4.79 Å². The van der Waals surface area contributed by atoms with Gasteiger partial charge in [0, 0.05) is 12.1 Å². The van der Waals surface area contributed by atoms with Crippen LogP contribution in [0.1, 0.15) is 58.3 Å². The second-order valence-corrected chi connectivity index (χ2v) is 6.50. The third-order valence-corrected chi connectivity index (χ3v) is 4.20. The number of nitrogens with one attached hydrogen (secondary N) is 1. The van der Waals surface area contributed by atoms with Crippen LogP contribution in [0.2, 0.25) is 0 Å². The van der Waals surface area contributed by atoms with E-state index >= 15 is 0 Å². The number of carbonyl (C=O) groups is 1. The van der Waals surface area contributed by atoms with Crippen molar-refractivity contribution in [1.82, 2.24) is 0 Å². The minimum absolute atomic E-state index is 0.0808. The van der Waals surface area contributed by atoms with Crippen molar-refractivity contribution in [3.63, 3.8) is 0 Å². The lowest BCUT2D eigenvalue weighted by Crippen LogP contribution is -2.10. The van der Waals surface area contributed by atoms with Crippen LogP contribution in [0.25, 0.3) is 0 Å². The summed E-state index contributed by atoms with van der Waals surface area (Å²) >= 11 is 0. The van der Waals surface area contributed by atoms with Gasteiger partial charge in [0.25, 0.3) is 0 Å². The van der Waals surface area contributed by atoms with Gasteiger partial charge in [-0.3, -0.25) is 4.79 Å². The monoisotopic (exact) mass is 351 g/mol. The number of rotatable bonds is 11. The number of hydrogen-bond acceptors (Lipinski definition) is 3. The first-order chi connectivity index (χ1) is 12.8. The molecule has 0 aliphatic carbocycles. The average molecular weight is 351 g/mol. The molecule has 0 unspecified atom stereocenters. The Balaban J connectivity index is 1.68. The quantitative estimate of drug-likeness (QED) is 0.338. The zero-order valence-corrected chi connectivity index (χ0v) is 15.7. The van der Waals surface area contributed by atoms with Gasteiger partial charge < -0.3 is 5.32 Å². The number of unbranched alkanes of at least 4 members (excludes halogenated alkanes) is 6. The maximum Gasteiger partial charge on any atom is 0.224 e. The van der Waals surface area contributed by atoms with Crippen LogP contribution in [0.3, 0.4) is 0 Å². The smallest absolute Gasteiger partial charge is 0.224 e. The second kappa shape index (κ2) is 12.0. The van der Waals surface area contributed by atoms with Crippen LogP contribution in [0.5, 0.6) is 0 Å². The summed E-state index contributed by atoms with van der Waals surface area (Å²) in [4.78, 5) is 12.0. The number of hydrogen-bond donors (Lipinski definition) is 1. The van der Waals surface area contributed by atoms with Gasteiger partial charge in [-0.15, -0.1) is 0 Å². The topological polar surface area (TPSA) is 53.8 Å². The number of carbonyl (C=O) groups excluding carboxylic acids is 1. The van der Waals surface area contributed by atoms with E-state index in [1.54, 1.807) is 0 Å². The molecule has 2 aromatic rings. The highest BCUT2D eigenvalue weighted by Gasteiger charge is 2.02. The molecule has 0 aromatic heterocycles. The van der Waals surface area contributed by atoms with Crippen LogP contribution >= 0.6 is 0 Å². The SMILES string of the molecule is CCCCCCCCCC(=O)Nc1ccc(N=Nc2ccccc2)cc1. The fraction of sp³-hybridized carbons (Fsp3) is 0.409. The fourth-order valence-corrected chi connectivity index (χ4v) is 2.69. The van der Waals surface area contributed by atoms with Crippen LogP contribution in [-0.4, -0.2) is 5.91 Å². The molecule has 138 valence electrons. The summed E-state index contributed by atoms with van der Waals surface area (Å²) in [5, 5.41) is 11.3. The number of azo groups is 1. The molecule has 0 aliphatic heterocycles. The van der Waals surface area contributed by atoms with Crippen molar-refractivity contribution < 1.29 is 4.79 Å². The largest absolute Gasteiger partial charge is 0.326 e. The molecule has 0 saturated heterocycles. The molecule has 0 atom stereocenters. The third kappa shape index (κ3) is 8.06. The molecule has 0 bridgehead atoms. The van der Waals surface area contributed by atoms with Crippen molar-refractivity contribution in [3.8, 4) is 0 Å². The second-order valence-electron chi connectivity index (χ2n) is 6.50. The molecular formula is C22H29N3O. The Kier molecular flexibility index (Phi) is 9.12. The predicted octanol–water partition coefficient (Wildman–Crippen LogP) is 7.18. The van der Waals surface area contributed by atoms with E-state index in [9.17, 15) is 4.79 Å². The maximum atomic E-state index is 12.0. The number of anilines is 1. The normalized spacial score (nSPS) is 11.0. The summed E-state index contributed by atoms with van der Waals surface area (Å²) in [5.41, 5.74) is 2.38. The molecule has 4 nitrogen and oxygen atoms in total. The minimum atomic E-state index is 0.0808. The van der Waals surface area contributed by atoms with Crippen LogP contribution in [0.15, 0.2) is 64.8 Å². The number of amides is 1. The maximum absolute atomic E-state index is 12.0. The Morgan fingerprint density at radius 2 is 1.35 bits per heavy atom. The Morgan fingerprint density at radius 1 is 0.769 bits per heavy atom. The molecule has 0 saturated carbocycles. The van der Waals surface area contributed by atoms with Crippen molar-refractivity contribution in [2.45, 2.75) is 58.3 Å². The Hall–Kier alpha value is -2.49. The van der Waals surface area contributed by atoms with Crippen molar-refractivity contribution in [3.05, 3.63) is 54.6 Å². The van der Waals surface area contributed by atoms with Gasteiger partial charge in [-0.1, -0.05) is 63.6 Å². The van der Waals surface area contributed by atoms with Crippen LogP contribution in [0.4, 0.5) is 17.1 Å². The number of benzene rings is 2. The molecule has 0 fully saturated rings. The highest BCUT2D eigenvalue weighted by Crippen LogP contribution is 2.20. The highest BCUT2D eigenvalue weighted by molar-refractivity contribution is 5.90. The summed E-state index contributed by atoms with van der Waals surface area (Å²) in [6.45, 7) is 2.23. The molecule has 0 spiro atoms. The first-order valence-electron chi connectivity index (χ1n) is 9.64. The van der Waals surface area contributed by atoms with E-state index in [1.807, 2.05) is 54.6 Å². The van der Waals surface area contributed by atoms with Gasteiger partial charge in [0.15, 0.2) is 0 Å². The summed E-state index contributed by atoms with van der Waals surface area (Å²) in [6, 6.07) is 17.1. The highest BCUT2D eigenvalue weighted by atomic mass is 16.1. The van der Waals surface area contributed by atoms with E-state index in [-0.39, 0.29) is 5.91 Å². The lowest BCUT2D eigenvalue weighted by atomic mass is 10.1. The van der Waals surface area contributed by atoms with Crippen molar-refractivity contribution >= 4 is 23.0 Å². The Bertz CT molecular complexity index is 666. The van der Waals surface area contributed by atoms with Crippen molar-refractivity contribution in [2.75, 3.05) is 5.32 Å². The fourth-order valence-electron chi connectivity index (χ4n) is 2.69. The Morgan fingerprint density at radius 3 is 2.00 bits per heavy atom. The average Bonchev–Trinajstić information content (AvgIpc) is 2.67. The predicted molar refractivity (Wildman–Crippen MR) is 108 cm³/mol. The van der Waals surface area contributed by atoms with Gasteiger partial charge in [0.05, 0.1) is 11.4 Å².